The van der Waals surface area contributed by atoms with E-state index in [1.54, 1.807) is 6.07 Å². The fourth-order valence-electron chi connectivity index (χ4n) is 2.95. The number of hydrogen-bond donors (Lipinski definition) is 1. The van der Waals surface area contributed by atoms with Crippen molar-refractivity contribution < 1.29 is 9.53 Å². The third kappa shape index (κ3) is 4.73. The highest BCUT2D eigenvalue weighted by Gasteiger charge is 2.12. The Morgan fingerprint density at radius 1 is 0.885 bits per heavy atom. The van der Waals surface area contributed by atoms with E-state index < -0.39 is 0 Å². The number of hydrogen-bond acceptors (Lipinski definition) is 2. The molecule has 1 amide bonds. The molecule has 26 heavy (non-hydrogen) atoms. The average Bonchev–Trinajstić information content (AvgIpc) is 2.62. The quantitative estimate of drug-likeness (QED) is 0.669. The van der Waals surface area contributed by atoms with Crippen molar-refractivity contribution in [3.05, 3.63) is 95.1 Å². The minimum atomic E-state index is -0.162. The van der Waals surface area contributed by atoms with Crippen molar-refractivity contribution in [1.82, 2.24) is 0 Å². The van der Waals surface area contributed by atoms with E-state index in [1.807, 2.05) is 62.4 Å². The zero-order valence-corrected chi connectivity index (χ0v) is 15.2. The van der Waals surface area contributed by atoms with Gasteiger partial charge in [-0.15, -0.1) is 0 Å². The number of aryl methyl sites for hydroxylation is 2. The van der Waals surface area contributed by atoms with E-state index in [0.29, 0.717) is 17.9 Å². The molecule has 0 aliphatic heterocycles. The Bertz CT molecular complexity index is 867. The molecule has 0 aromatic heterocycles. The van der Waals surface area contributed by atoms with Crippen molar-refractivity contribution in [3.8, 4) is 5.75 Å². The van der Waals surface area contributed by atoms with E-state index in [9.17, 15) is 4.79 Å². The minimum Gasteiger partial charge on any atom is -0.492 e. The van der Waals surface area contributed by atoms with E-state index in [1.165, 1.54) is 5.56 Å². The normalized spacial score (nSPS) is 10.4. The van der Waals surface area contributed by atoms with Crippen LogP contribution in [-0.4, -0.2) is 12.5 Å². The second kappa shape index (κ2) is 8.34. The molecule has 3 aromatic rings. The number of para-hydroxylation sites is 1. The first-order chi connectivity index (χ1) is 12.6. The summed E-state index contributed by atoms with van der Waals surface area (Å²) in [7, 11) is 0. The molecule has 0 aliphatic carbocycles. The summed E-state index contributed by atoms with van der Waals surface area (Å²) in [6, 6.07) is 23.5. The van der Waals surface area contributed by atoms with Gasteiger partial charge in [-0.2, -0.15) is 0 Å². The molecular formula is C23H23NO2. The molecule has 0 spiro atoms. The lowest BCUT2D eigenvalue weighted by Crippen LogP contribution is -2.14. The van der Waals surface area contributed by atoms with E-state index in [4.69, 9.17) is 4.74 Å². The summed E-state index contributed by atoms with van der Waals surface area (Å²) in [6.45, 7) is 4.56. The summed E-state index contributed by atoms with van der Waals surface area (Å²) in [5, 5.41) is 2.97. The van der Waals surface area contributed by atoms with Gasteiger partial charge >= 0.3 is 0 Å². The number of amides is 1. The molecule has 3 heteroatoms. The molecule has 132 valence electrons. The second-order valence-corrected chi connectivity index (χ2v) is 6.41. The fraction of sp³-hybridized carbons (Fsp3) is 0.174. The number of anilines is 1. The zero-order chi connectivity index (χ0) is 18.4. The number of carbonyl (C=O) groups excluding carboxylic acids is 1. The van der Waals surface area contributed by atoms with Crippen molar-refractivity contribution >= 4 is 11.6 Å². The maximum atomic E-state index is 12.7. The van der Waals surface area contributed by atoms with Gasteiger partial charge in [0.1, 0.15) is 5.75 Å². The number of ether oxygens (including phenoxy) is 1. The summed E-state index contributed by atoms with van der Waals surface area (Å²) < 4.78 is 5.89. The Hall–Kier alpha value is -3.07. The predicted molar refractivity (Wildman–Crippen MR) is 106 cm³/mol. The molecule has 3 nitrogen and oxygen atoms in total. The van der Waals surface area contributed by atoms with Crippen molar-refractivity contribution in [2.45, 2.75) is 20.3 Å². The van der Waals surface area contributed by atoms with Crippen molar-refractivity contribution in [1.29, 1.82) is 0 Å². The largest absolute Gasteiger partial charge is 0.492 e. The number of nitrogens with one attached hydrogen (secondary N) is 1. The lowest BCUT2D eigenvalue weighted by Gasteiger charge is -2.12. The van der Waals surface area contributed by atoms with Crippen LogP contribution in [0.1, 0.15) is 27.0 Å². The molecule has 0 saturated heterocycles. The summed E-state index contributed by atoms with van der Waals surface area (Å²) in [5.41, 5.74) is 4.79. The van der Waals surface area contributed by atoms with Crippen LogP contribution in [0.15, 0.2) is 72.8 Å². The van der Waals surface area contributed by atoms with Crippen LogP contribution >= 0.6 is 0 Å². The lowest BCUT2D eigenvalue weighted by molar-refractivity contribution is 0.102. The van der Waals surface area contributed by atoms with Gasteiger partial charge in [0.15, 0.2) is 0 Å². The summed E-state index contributed by atoms with van der Waals surface area (Å²) in [4.78, 5) is 12.7. The number of benzene rings is 3. The molecule has 0 saturated carbocycles. The Labute approximate surface area is 154 Å². The Balaban J connectivity index is 1.68. The van der Waals surface area contributed by atoms with Crippen LogP contribution in [0.4, 0.5) is 5.69 Å². The molecule has 0 unspecified atom stereocenters. The monoisotopic (exact) mass is 345 g/mol. The molecule has 0 fully saturated rings. The Morgan fingerprint density at radius 2 is 1.54 bits per heavy atom. The first-order valence-electron chi connectivity index (χ1n) is 8.77. The molecule has 0 heterocycles. The minimum absolute atomic E-state index is 0.162. The Kier molecular flexibility index (Phi) is 5.69. The van der Waals surface area contributed by atoms with Gasteiger partial charge in [-0.05, 0) is 54.8 Å². The molecule has 0 radical (unpaired) electrons. The van der Waals surface area contributed by atoms with Gasteiger partial charge in [0.05, 0.1) is 12.2 Å². The van der Waals surface area contributed by atoms with E-state index in [-0.39, 0.29) is 5.91 Å². The smallest absolute Gasteiger partial charge is 0.259 e. The van der Waals surface area contributed by atoms with E-state index in [0.717, 1.165) is 23.2 Å². The second-order valence-electron chi connectivity index (χ2n) is 6.41. The highest BCUT2D eigenvalue weighted by Crippen LogP contribution is 2.21. The van der Waals surface area contributed by atoms with Crippen LogP contribution in [0.5, 0.6) is 5.75 Å². The van der Waals surface area contributed by atoms with Gasteiger partial charge in [0, 0.05) is 12.1 Å². The van der Waals surface area contributed by atoms with Crippen LogP contribution in [0, 0.1) is 13.8 Å². The van der Waals surface area contributed by atoms with Crippen LogP contribution in [0.2, 0.25) is 0 Å². The van der Waals surface area contributed by atoms with Gasteiger partial charge in [-0.3, -0.25) is 4.79 Å². The number of rotatable bonds is 6. The standard InChI is InChI=1S/C23H23NO2/c1-17-14-18(2)16-20(15-17)24-23(25)21-10-6-7-11-22(21)26-13-12-19-8-4-3-5-9-19/h3-11,14-16H,12-13H2,1-2H3,(H,24,25). The third-order valence-corrected chi connectivity index (χ3v) is 4.10. The predicted octanol–water partition coefficient (Wildman–Crippen LogP) is 5.18. The highest BCUT2D eigenvalue weighted by molar-refractivity contribution is 6.06. The first kappa shape index (κ1) is 17.7. The third-order valence-electron chi connectivity index (χ3n) is 4.10. The van der Waals surface area contributed by atoms with Crippen molar-refractivity contribution in [2.75, 3.05) is 11.9 Å². The molecule has 3 rings (SSSR count). The summed E-state index contributed by atoms with van der Waals surface area (Å²) >= 11 is 0. The highest BCUT2D eigenvalue weighted by atomic mass is 16.5. The summed E-state index contributed by atoms with van der Waals surface area (Å²) in [6.07, 6.45) is 0.799. The van der Waals surface area contributed by atoms with Crippen LogP contribution < -0.4 is 10.1 Å². The zero-order valence-electron chi connectivity index (χ0n) is 15.2. The fourth-order valence-corrected chi connectivity index (χ4v) is 2.95. The van der Waals surface area contributed by atoms with Crippen molar-refractivity contribution in [2.24, 2.45) is 0 Å². The van der Waals surface area contributed by atoms with E-state index in [2.05, 4.69) is 23.5 Å². The molecule has 0 aliphatic rings. The maximum absolute atomic E-state index is 12.7. The van der Waals surface area contributed by atoms with Crippen LogP contribution in [-0.2, 0) is 6.42 Å². The van der Waals surface area contributed by atoms with E-state index >= 15 is 0 Å². The maximum Gasteiger partial charge on any atom is 0.259 e. The molecule has 1 N–H and O–H groups in total. The SMILES string of the molecule is Cc1cc(C)cc(NC(=O)c2ccccc2OCCc2ccccc2)c1. The molecule has 3 aromatic carbocycles. The van der Waals surface area contributed by atoms with Gasteiger partial charge in [0.25, 0.3) is 5.91 Å². The average molecular weight is 345 g/mol. The van der Waals surface area contributed by atoms with Gasteiger partial charge < -0.3 is 10.1 Å². The van der Waals surface area contributed by atoms with Gasteiger partial charge in [-0.1, -0.05) is 48.5 Å². The van der Waals surface area contributed by atoms with Crippen molar-refractivity contribution in [3.63, 3.8) is 0 Å². The van der Waals surface area contributed by atoms with Crippen LogP contribution in [0.3, 0.4) is 0 Å². The first-order valence-corrected chi connectivity index (χ1v) is 8.77. The van der Waals surface area contributed by atoms with Gasteiger partial charge in [-0.25, -0.2) is 0 Å². The Morgan fingerprint density at radius 3 is 2.27 bits per heavy atom. The molecule has 0 bridgehead atoms. The number of carbonyl (C=O) groups is 1. The topological polar surface area (TPSA) is 38.3 Å². The van der Waals surface area contributed by atoms with Gasteiger partial charge in [0.2, 0.25) is 0 Å². The van der Waals surface area contributed by atoms with Crippen LogP contribution in [0.25, 0.3) is 0 Å². The molecular weight excluding hydrogens is 322 g/mol. The molecule has 0 atom stereocenters. The summed E-state index contributed by atoms with van der Waals surface area (Å²) in [5.74, 6) is 0.440. The lowest BCUT2D eigenvalue weighted by atomic mass is 10.1.